The molecule has 1 aromatic heterocycles. The number of nitrogens with one attached hydrogen (secondary N) is 1. The molecule has 1 aliphatic heterocycles. The van der Waals surface area contributed by atoms with E-state index in [-0.39, 0.29) is 12.0 Å². The molecule has 2 rings (SSSR count). The molecule has 8 heteroatoms. The summed E-state index contributed by atoms with van der Waals surface area (Å²) in [6, 6.07) is 2.06. The minimum Gasteiger partial charge on any atom is -0.444 e. The lowest BCUT2D eigenvalue weighted by atomic mass is 10.1. The van der Waals surface area contributed by atoms with Crippen molar-refractivity contribution in [1.29, 1.82) is 0 Å². The van der Waals surface area contributed by atoms with Crippen LogP contribution in [0.5, 0.6) is 0 Å². The molecule has 0 radical (unpaired) electrons. The number of rotatable bonds is 10. The van der Waals surface area contributed by atoms with Crippen molar-refractivity contribution in [3.8, 4) is 0 Å². The number of nitrogens with two attached hydrogens (primary N) is 1. The molecule has 0 aromatic carbocycles. The van der Waals surface area contributed by atoms with Crippen LogP contribution in [-0.4, -0.2) is 48.0 Å². The first kappa shape index (κ1) is 25.9. The number of ether oxygens (including phenoxy) is 1. The lowest BCUT2D eigenvalue weighted by Gasteiger charge is -2.22. The van der Waals surface area contributed by atoms with Crippen molar-refractivity contribution in [2.24, 2.45) is 10.7 Å². The van der Waals surface area contributed by atoms with Crippen molar-refractivity contribution in [3.63, 3.8) is 0 Å². The van der Waals surface area contributed by atoms with Gasteiger partial charge in [-0.05, 0) is 65.0 Å². The average Bonchev–Trinajstić information content (AvgIpc) is 2.98. The molecule has 0 bridgehead atoms. The molecule has 32 heavy (non-hydrogen) atoms. The van der Waals surface area contributed by atoms with Crippen LogP contribution < -0.4 is 11.1 Å². The summed E-state index contributed by atoms with van der Waals surface area (Å²) < 4.78 is 5.24. The third kappa shape index (κ3) is 8.30. The highest BCUT2D eigenvalue weighted by Crippen LogP contribution is 2.35. The number of hydrogen-bond donors (Lipinski definition) is 2. The van der Waals surface area contributed by atoms with Crippen LogP contribution in [0.1, 0.15) is 76.5 Å². The Morgan fingerprint density at radius 1 is 1.22 bits per heavy atom. The summed E-state index contributed by atoms with van der Waals surface area (Å²) in [5, 5.41) is 2.79. The molecular formula is C24H38N4O3S. The van der Waals surface area contributed by atoms with Crippen molar-refractivity contribution >= 4 is 40.9 Å². The van der Waals surface area contributed by atoms with Gasteiger partial charge in [-0.2, -0.15) is 0 Å². The Morgan fingerprint density at radius 2 is 1.91 bits per heavy atom. The van der Waals surface area contributed by atoms with Gasteiger partial charge >= 0.3 is 6.09 Å². The van der Waals surface area contributed by atoms with Gasteiger partial charge in [-0.15, -0.1) is 11.3 Å². The van der Waals surface area contributed by atoms with Gasteiger partial charge in [-0.1, -0.05) is 13.8 Å². The van der Waals surface area contributed by atoms with Crippen LogP contribution in [-0.2, 0) is 16.0 Å². The Hall–Kier alpha value is -2.35. The van der Waals surface area contributed by atoms with Crippen LogP contribution in [0.25, 0.3) is 6.08 Å². The molecule has 178 valence electrons. The van der Waals surface area contributed by atoms with Crippen molar-refractivity contribution in [3.05, 3.63) is 21.4 Å². The lowest BCUT2D eigenvalue weighted by molar-refractivity contribution is -0.127. The highest BCUT2D eigenvalue weighted by Gasteiger charge is 2.22. The fourth-order valence-corrected chi connectivity index (χ4v) is 4.59. The third-order valence-corrected chi connectivity index (χ3v) is 5.93. The zero-order chi connectivity index (χ0) is 23.7. The Balaban J connectivity index is 1.97. The molecule has 1 aliphatic rings. The predicted molar refractivity (Wildman–Crippen MR) is 133 cm³/mol. The van der Waals surface area contributed by atoms with Crippen LogP contribution >= 0.6 is 11.3 Å². The molecule has 0 fully saturated rings. The van der Waals surface area contributed by atoms with Crippen molar-refractivity contribution < 1.29 is 14.3 Å². The van der Waals surface area contributed by atoms with Gasteiger partial charge in [0.1, 0.15) is 11.4 Å². The summed E-state index contributed by atoms with van der Waals surface area (Å²) >= 11 is 1.66. The number of carbonyl (C=O) groups is 2. The van der Waals surface area contributed by atoms with E-state index in [1.165, 1.54) is 4.88 Å². The third-order valence-electron chi connectivity index (χ3n) is 4.80. The topological polar surface area (TPSA) is 97.0 Å². The molecule has 0 atom stereocenters. The van der Waals surface area contributed by atoms with E-state index in [2.05, 4.69) is 30.2 Å². The van der Waals surface area contributed by atoms with Gasteiger partial charge in [0.2, 0.25) is 5.91 Å². The van der Waals surface area contributed by atoms with E-state index in [1.54, 1.807) is 11.3 Å². The summed E-state index contributed by atoms with van der Waals surface area (Å²) in [4.78, 5) is 33.5. The van der Waals surface area contributed by atoms with Gasteiger partial charge in [-0.25, -0.2) is 9.79 Å². The predicted octanol–water partition coefficient (Wildman–Crippen LogP) is 5.02. The molecule has 0 spiro atoms. The van der Waals surface area contributed by atoms with E-state index >= 15 is 0 Å². The highest BCUT2D eigenvalue weighted by molar-refractivity contribution is 7.13. The minimum absolute atomic E-state index is 0.0582. The van der Waals surface area contributed by atoms with Gasteiger partial charge < -0.3 is 20.7 Å². The van der Waals surface area contributed by atoms with Crippen LogP contribution in [0.4, 0.5) is 10.5 Å². The smallest absolute Gasteiger partial charge is 0.407 e. The van der Waals surface area contributed by atoms with Crippen LogP contribution in [0.3, 0.4) is 0 Å². The quantitative estimate of drug-likeness (QED) is 0.477. The maximum atomic E-state index is 13.1. The number of fused-ring (bicyclic) bond motifs is 1. The fraction of sp³-hybridized carbons (Fsp3) is 0.625. The summed E-state index contributed by atoms with van der Waals surface area (Å²) in [5.41, 5.74) is 7.20. The number of thiophene rings is 1. The SMILES string of the molecule is CCCN(CCC)C(=O)C1=Cc2sc(CCCCNC(=O)OC(C)(C)C)cc2N=C(N)C1. The van der Waals surface area contributed by atoms with E-state index in [0.29, 0.717) is 24.4 Å². The molecule has 7 nitrogen and oxygen atoms in total. The minimum atomic E-state index is -0.487. The molecule has 1 aromatic rings. The number of nitrogens with zero attached hydrogens (tertiary/aromatic N) is 2. The normalized spacial score (nSPS) is 13.5. The zero-order valence-electron chi connectivity index (χ0n) is 20.1. The molecule has 0 saturated carbocycles. The number of unbranched alkanes of at least 4 members (excludes halogenated alkanes) is 1. The number of aliphatic imine (C=N–C) groups is 1. The first-order chi connectivity index (χ1) is 15.1. The van der Waals surface area contributed by atoms with Crippen molar-refractivity contribution in [2.45, 2.75) is 78.7 Å². The number of hydrogen-bond acceptors (Lipinski definition) is 6. The van der Waals surface area contributed by atoms with Crippen molar-refractivity contribution in [2.75, 3.05) is 19.6 Å². The first-order valence-corrected chi connectivity index (χ1v) is 12.4. The summed E-state index contributed by atoms with van der Waals surface area (Å²) in [5.74, 6) is 0.532. The molecule has 0 saturated heterocycles. The maximum absolute atomic E-state index is 13.1. The average molecular weight is 463 g/mol. The second-order valence-electron chi connectivity index (χ2n) is 9.09. The standard InChI is InChI=1S/C24H38N4O3S/c1-6-12-28(13-7-2)22(29)17-14-20-19(27-21(25)15-17)16-18(32-20)10-8-9-11-26-23(30)31-24(3,4)5/h14,16H,6-13,15H2,1-5H3,(H2,25,27)(H,26,30). The van der Waals surface area contributed by atoms with E-state index in [0.717, 1.165) is 55.8 Å². The molecule has 0 aliphatic carbocycles. The molecule has 2 heterocycles. The Labute approximate surface area is 196 Å². The summed E-state index contributed by atoms with van der Waals surface area (Å²) in [6.07, 6.45) is 6.51. The largest absolute Gasteiger partial charge is 0.444 e. The summed E-state index contributed by atoms with van der Waals surface area (Å²) in [6.45, 7) is 11.8. The van der Waals surface area contributed by atoms with Crippen LogP contribution in [0.2, 0.25) is 0 Å². The van der Waals surface area contributed by atoms with E-state index in [4.69, 9.17) is 10.5 Å². The second kappa shape index (κ2) is 12.0. The molecule has 0 unspecified atom stereocenters. The Morgan fingerprint density at radius 3 is 2.53 bits per heavy atom. The number of amides is 2. The van der Waals surface area contributed by atoms with Gasteiger partial charge in [-0.3, -0.25) is 4.79 Å². The van der Waals surface area contributed by atoms with Gasteiger partial charge in [0.15, 0.2) is 0 Å². The molecular weight excluding hydrogens is 424 g/mol. The van der Waals surface area contributed by atoms with Crippen LogP contribution in [0.15, 0.2) is 16.6 Å². The fourth-order valence-electron chi connectivity index (χ4n) is 3.48. The number of alkyl carbamates (subject to hydrolysis) is 1. The number of amidine groups is 1. The Bertz CT molecular complexity index is 846. The molecule has 3 N–H and O–H groups in total. The first-order valence-electron chi connectivity index (χ1n) is 11.5. The van der Waals surface area contributed by atoms with E-state index in [9.17, 15) is 9.59 Å². The molecule has 2 amide bonds. The van der Waals surface area contributed by atoms with E-state index < -0.39 is 5.60 Å². The van der Waals surface area contributed by atoms with Crippen LogP contribution in [0, 0.1) is 0 Å². The van der Waals surface area contributed by atoms with Gasteiger partial charge in [0.25, 0.3) is 0 Å². The number of carbonyl (C=O) groups excluding carboxylic acids is 2. The maximum Gasteiger partial charge on any atom is 0.407 e. The second-order valence-corrected chi connectivity index (χ2v) is 10.3. The lowest BCUT2D eigenvalue weighted by Crippen LogP contribution is -2.34. The Kier molecular flexibility index (Phi) is 9.75. The monoisotopic (exact) mass is 462 g/mol. The number of aryl methyl sites for hydroxylation is 1. The van der Waals surface area contributed by atoms with Gasteiger partial charge in [0, 0.05) is 36.5 Å². The van der Waals surface area contributed by atoms with Gasteiger partial charge in [0.05, 0.1) is 10.6 Å². The summed E-state index contributed by atoms with van der Waals surface area (Å²) in [7, 11) is 0. The van der Waals surface area contributed by atoms with E-state index in [1.807, 2.05) is 31.7 Å². The highest BCUT2D eigenvalue weighted by atomic mass is 32.1. The van der Waals surface area contributed by atoms with Crippen molar-refractivity contribution in [1.82, 2.24) is 10.2 Å². The zero-order valence-corrected chi connectivity index (χ0v) is 20.9.